The molecule has 2 aromatic rings. The van der Waals surface area contributed by atoms with Crippen molar-refractivity contribution >= 4 is 17.6 Å². The maximum Gasteiger partial charge on any atom is 0.191 e. The number of guanidine groups is 1. The Balaban J connectivity index is 1.95. The zero-order valence-corrected chi connectivity index (χ0v) is 16.8. The molecule has 0 aliphatic heterocycles. The van der Waals surface area contributed by atoms with Gasteiger partial charge in [-0.15, -0.1) is 0 Å². The highest BCUT2D eigenvalue weighted by atomic mass is 35.5. The van der Waals surface area contributed by atoms with Crippen LogP contribution in [0, 0.1) is 0 Å². The van der Waals surface area contributed by atoms with Crippen LogP contribution in [0.2, 0.25) is 5.02 Å². The van der Waals surface area contributed by atoms with Crippen LogP contribution in [0.25, 0.3) is 0 Å². The quantitative estimate of drug-likeness (QED) is 0.549. The molecule has 7 heteroatoms. The molecule has 1 atom stereocenters. The lowest BCUT2D eigenvalue weighted by Gasteiger charge is -2.22. The Morgan fingerprint density at radius 2 is 2.15 bits per heavy atom. The second-order valence-electron chi connectivity index (χ2n) is 6.45. The van der Waals surface area contributed by atoms with Gasteiger partial charge >= 0.3 is 0 Å². The van der Waals surface area contributed by atoms with Crippen molar-refractivity contribution in [3.63, 3.8) is 0 Å². The number of halogens is 1. The lowest BCUT2D eigenvalue weighted by Crippen LogP contribution is -2.39. The van der Waals surface area contributed by atoms with E-state index in [9.17, 15) is 0 Å². The summed E-state index contributed by atoms with van der Waals surface area (Å²) < 4.78 is 1.82. The van der Waals surface area contributed by atoms with Gasteiger partial charge in [0.2, 0.25) is 0 Å². The van der Waals surface area contributed by atoms with E-state index in [0.717, 1.165) is 36.1 Å². The van der Waals surface area contributed by atoms with Crippen LogP contribution in [0.5, 0.6) is 0 Å². The zero-order chi connectivity index (χ0) is 18.9. The van der Waals surface area contributed by atoms with E-state index in [1.54, 1.807) is 0 Å². The molecule has 1 unspecified atom stereocenters. The minimum atomic E-state index is 0.187. The van der Waals surface area contributed by atoms with Crippen LogP contribution in [0.4, 0.5) is 0 Å². The molecule has 1 heterocycles. The maximum atomic E-state index is 6.04. The molecule has 142 valence electrons. The van der Waals surface area contributed by atoms with Crippen LogP contribution in [-0.4, -0.2) is 54.4 Å². The van der Waals surface area contributed by atoms with E-state index in [1.807, 2.05) is 42.3 Å². The van der Waals surface area contributed by atoms with Crippen molar-refractivity contribution in [2.75, 3.05) is 33.7 Å². The molecule has 0 bridgehead atoms. The van der Waals surface area contributed by atoms with Crippen molar-refractivity contribution < 1.29 is 0 Å². The smallest absolute Gasteiger partial charge is 0.191 e. The highest BCUT2D eigenvalue weighted by molar-refractivity contribution is 6.30. The van der Waals surface area contributed by atoms with Crippen LogP contribution in [0.1, 0.15) is 24.1 Å². The standard InChI is InChI=1S/C19H29ClN6/c1-5-21-19(22-10-9-15-7-6-8-17(20)11-15)23-13-18(25(2)3)16-12-24-26(4)14-16/h6-8,11-12,14,18H,5,9-10,13H2,1-4H3,(H2,21,22,23). The molecule has 0 radical (unpaired) electrons. The monoisotopic (exact) mass is 376 g/mol. The third kappa shape index (κ3) is 6.35. The number of likely N-dealkylation sites (N-methyl/N-ethyl adjacent to an activating group) is 1. The maximum absolute atomic E-state index is 6.04. The number of aliphatic imine (C=N–C) groups is 1. The van der Waals surface area contributed by atoms with Crippen LogP contribution in [0.15, 0.2) is 41.7 Å². The molecule has 0 aliphatic rings. The van der Waals surface area contributed by atoms with Crippen molar-refractivity contribution in [3.8, 4) is 0 Å². The summed E-state index contributed by atoms with van der Waals surface area (Å²) >= 11 is 6.04. The number of aryl methyl sites for hydroxylation is 1. The van der Waals surface area contributed by atoms with Crippen LogP contribution in [-0.2, 0) is 13.5 Å². The zero-order valence-electron chi connectivity index (χ0n) is 16.0. The SMILES string of the molecule is CCNC(=NCC(c1cnn(C)c1)N(C)C)NCCc1cccc(Cl)c1. The number of hydrogen-bond donors (Lipinski definition) is 2. The Morgan fingerprint density at radius 3 is 2.77 bits per heavy atom. The highest BCUT2D eigenvalue weighted by Crippen LogP contribution is 2.17. The van der Waals surface area contributed by atoms with Crippen LogP contribution >= 0.6 is 11.6 Å². The van der Waals surface area contributed by atoms with Gasteiger partial charge in [0, 0.05) is 36.9 Å². The Kier molecular flexibility index (Phi) is 7.94. The van der Waals surface area contributed by atoms with E-state index in [1.165, 1.54) is 5.56 Å². The summed E-state index contributed by atoms with van der Waals surface area (Å²) in [6.45, 7) is 4.35. The van der Waals surface area contributed by atoms with Crippen molar-refractivity contribution in [1.82, 2.24) is 25.3 Å². The average molecular weight is 377 g/mol. The fourth-order valence-electron chi connectivity index (χ4n) is 2.72. The van der Waals surface area contributed by atoms with E-state index in [0.29, 0.717) is 6.54 Å². The first-order valence-electron chi connectivity index (χ1n) is 8.91. The normalized spacial score (nSPS) is 13.1. The molecule has 2 N–H and O–H groups in total. The molecular weight excluding hydrogens is 348 g/mol. The molecular formula is C19H29ClN6. The van der Waals surface area contributed by atoms with Crippen molar-refractivity contribution in [3.05, 3.63) is 52.8 Å². The number of nitrogens with one attached hydrogen (secondary N) is 2. The second-order valence-corrected chi connectivity index (χ2v) is 6.89. The minimum Gasteiger partial charge on any atom is -0.357 e. The molecule has 26 heavy (non-hydrogen) atoms. The second kappa shape index (κ2) is 10.2. The Labute approximate surface area is 161 Å². The number of benzene rings is 1. The fourth-order valence-corrected chi connectivity index (χ4v) is 2.93. The van der Waals surface area contributed by atoms with Crippen molar-refractivity contribution in [1.29, 1.82) is 0 Å². The van der Waals surface area contributed by atoms with Crippen LogP contribution < -0.4 is 10.6 Å². The Morgan fingerprint density at radius 1 is 1.35 bits per heavy atom. The van der Waals surface area contributed by atoms with E-state index < -0.39 is 0 Å². The van der Waals surface area contributed by atoms with Crippen molar-refractivity contribution in [2.45, 2.75) is 19.4 Å². The van der Waals surface area contributed by atoms with Crippen molar-refractivity contribution in [2.24, 2.45) is 12.0 Å². The van der Waals surface area contributed by atoms with Gasteiger partial charge in [-0.25, -0.2) is 0 Å². The van der Waals surface area contributed by atoms with Gasteiger partial charge < -0.3 is 15.5 Å². The summed E-state index contributed by atoms with van der Waals surface area (Å²) in [5.41, 5.74) is 2.37. The summed E-state index contributed by atoms with van der Waals surface area (Å²) in [5, 5.41) is 11.7. The van der Waals surface area contributed by atoms with E-state index in [4.69, 9.17) is 16.6 Å². The van der Waals surface area contributed by atoms with Gasteiger partial charge in [-0.2, -0.15) is 5.10 Å². The summed E-state index contributed by atoms with van der Waals surface area (Å²) in [4.78, 5) is 6.92. The summed E-state index contributed by atoms with van der Waals surface area (Å²) in [6, 6.07) is 8.14. The number of nitrogens with zero attached hydrogens (tertiary/aromatic N) is 4. The van der Waals surface area contributed by atoms with Gasteiger partial charge in [0.25, 0.3) is 0 Å². The lowest BCUT2D eigenvalue weighted by molar-refractivity contribution is 0.306. The summed E-state index contributed by atoms with van der Waals surface area (Å²) in [7, 11) is 6.06. The number of rotatable bonds is 8. The van der Waals surface area contributed by atoms with E-state index in [2.05, 4.69) is 47.7 Å². The largest absolute Gasteiger partial charge is 0.357 e. The van der Waals surface area contributed by atoms with Gasteiger partial charge in [0.1, 0.15) is 0 Å². The van der Waals surface area contributed by atoms with Gasteiger partial charge in [-0.1, -0.05) is 23.7 Å². The number of aromatic nitrogens is 2. The van der Waals surface area contributed by atoms with E-state index >= 15 is 0 Å². The highest BCUT2D eigenvalue weighted by Gasteiger charge is 2.15. The first-order chi connectivity index (χ1) is 12.5. The van der Waals surface area contributed by atoms with E-state index in [-0.39, 0.29) is 6.04 Å². The van der Waals surface area contributed by atoms with Gasteiger partial charge in [0.15, 0.2) is 5.96 Å². The first kappa shape index (κ1) is 20.3. The predicted molar refractivity (Wildman–Crippen MR) is 109 cm³/mol. The molecule has 1 aromatic carbocycles. The molecule has 0 fully saturated rings. The predicted octanol–water partition coefficient (Wildman–Crippen LogP) is 2.47. The van der Waals surface area contributed by atoms with Crippen LogP contribution in [0.3, 0.4) is 0 Å². The molecule has 0 saturated heterocycles. The third-order valence-electron chi connectivity index (χ3n) is 4.09. The fraction of sp³-hybridized carbons (Fsp3) is 0.474. The molecule has 1 aromatic heterocycles. The summed E-state index contributed by atoms with van der Waals surface area (Å²) in [6.07, 6.45) is 4.84. The molecule has 2 rings (SSSR count). The minimum absolute atomic E-state index is 0.187. The topological polar surface area (TPSA) is 57.5 Å². The molecule has 0 spiro atoms. The first-order valence-corrected chi connectivity index (χ1v) is 9.29. The third-order valence-corrected chi connectivity index (χ3v) is 4.33. The average Bonchev–Trinajstić information content (AvgIpc) is 3.01. The Hall–Kier alpha value is -2.05. The van der Waals surface area contributed by atoms with Gasteiger partial charge in [-0.05, 0) is 45.1 Å². The lowest BCUT2D eigenvalue weighted by atomic mass is 10.1. The van der Waals surface area contributed by atoms with Gasteiger partial charge in [-0.3, -0.25) is 9.67 Å². The summed E-state index contributed by atoms with van der Waals surface area (Å²) in [5.74, 6) is 0.824. The molecule has 0 saturated carbocycles. The Bertz CT molecular complexity index is 710. The molecule has 0 aliphatic carbocycles. The number of hydrogen-bond acceptors (Lipinski definition) is 3. The molecule has 0 amide bonds. The molecule has 6 nitrogen and oxygen atoms in total. The van der Waals surface area contributed by atoms with Gasteiger partial charge in [0.05, 0.1) is 18.8 Å².